The van der Waals surface area contributed by atoms with Crippen LogP contribution in [0.2, 0.25) is 0 Å². The molecule has 1 aromatic carbocycles. The van der Waals surface area contributed by atoms with Crippen LogP contribution >= 0.6 is 0 Å². The number of carbonyl (C=O) groups is 2. The van der Waals surface area contributed by atoms with E-state index in [-0.39, 0.29) is 17.7 Å². The first-order chi connectivity index (χ1) is 9.93. The van der Waals surface area contributed by atoms with E-state index in [0.717, 1.165) is 17.7 Å². The number of nitrogens with two attached hydrogens (primary N) is 1. The van der Waals surface area contributed by atoms with Gasteiger partial charge in [0.1, 0.15) is 0 Å². The Morgan fingerprint density at radius 3 is 2.57 bits per heavy atom. The first-order valence-corrected chi connectivity index (χ1v) is 7.37. The lowest BCUT2D eigenvalue weighted by Gasteiger charge is -2.12. The second-order valence-corrected chi connectivity index (χ2v) is 5.46. The van der Waals surface area contributed by atoms with E-state index in [1.807, 2.05) is 45.0 Å². The smallest absolute Gasteiger partial charge is 0.237 e. The van der Waals surface area contributed by atoms with Crippen molar-refractivity contribution in [2.75, 3.05) is 5.32 Å². The van der Waals surface area contributed by atoms with E-state index in [0.29, 0.717) is 13.0 Å². The van der Waals surface area contributed by atoms with Gasteiger partial charge in [-0.25, -0.2) is 0 Å². The summed E-state index contributed by atoms with van der Waals surface area (Å²) in [5.74, 6) is -0.241. The SMILES string of the molecule is CCC[C@@H](N)C(=O)NCc1cccc(NC(=O)C(C)C)c1. The molecule has 5 nitrogen and oxygen atoms in total. The molecule has 0 heterocycles. The minimum absolute atomic E-state index is 0.0267. The normalized spacial score (nSPS) is 12.0. The zero-order valence-corrected chi connectivity index (χ0v) is 13.0. The fourth-order valence-electron chi connectivity index (χ4n) is 1.81. The van der Waals surface area contributed by atoms with E-state index in [1.54, 1.807) is 0 Å². The van der Waals surface area contributed by atoms with E-state index in [2.05, 4.69) is 10.6 Å². The molecule has 2 amide bonds. The van der Waals surface area contributed by atoms with Gasteiger partial charge in [-0.05, 0) is 24.1 Å². The minimum Gasteiger partial charge on any atom is -0.351 e. The fraction of sp³-hybridized carbons (Fsp3) is 0.500. The molecular formula is C16H25N3O2. The number of nitrogens with one attached hydrogen (secondary N) is 2. The Balaban J connectivity index is 2.57. The van der Waals surface area contributed by atoms with Crippen LogP contribution in [0.25, 0.3) is 0 Å². The third kappa shape index (κ3) is 5.95. The van der Waals surface area contributed by atoms with Crippen LogP contribution in [0.1, 0.15) is 39.2 Å². The number of benzene rings is 1. The molecule has 0 saturated carbocycles. The van der Waals surface area contributed by atoms with Crippen molar-refractivity contribution in [2.24, 2.45) is 11.7 Å². The van der Waals surface area contributed by atoms with Gasteiger partial charge in [-0.15, -0.1) is 0 Å². The molecule has 0 aliphatic rings. The molecule has 1 rings (SSSR count). The van der Waals surface area contributed by atoms with E-state index < -0.39 is 6.04 Å². The molecule has 0 spiro atoms. The molecular weight excluding hydrogens is 266 g/mol. The molecule has 0 aliphatic carbocycles. The number of amides is 2. The molecule has 0 saturated heterocycles. The lowest BCUT2D eigenvalue weighted by Crippen LogP contribution is -2.40. The van der Waals surface area contributed by atoms with Crippen molar-refractivity contribution in [3.8, 4) is 0 Å². The van der Waals surface area contributed by atoms with Crippen molar-refractivity contribution >= 4 is 17.5 Å². The van der Waals surface area contributed by atoms with E-state index in [1.165, 1.54) is 0 Å². The summed E-state index contributed by atoms with van der Waals surface area (Å²) in [6.07, 6.45) is 1.56. The van der Waals surface area contributed by atoms with Crippen LogP contribution in [-0.2, 0) is 16.1 Å². The van der Waals surface area contributed by atoms with Crippen LogP contribution in [0.4, 0.5) is 5.69 Å². The maximum absolute atomic E-state index is 11.8. The fourth-order valence-corrected chi connectivity index (χ4v) is 1.81. The quantitative estimate of drug-likeness (QED) is 0.718. The first kappa shape index (κ1) is 17.2. The van der Waals surface area contributed by atoms with Crippen molar-refractivity contribution in [1.29, 1.82) is 0 Å². The average molecular weight is 291 g/mol. The predicted octanol–water partition coefficient (Wildman–Crippen LogP) is 2.02. The maximum Gasteiger partial charge on any atom is 0.237 e. The molecule has 0 unspecified atom stereocenters. The largest absolute Gasteiger partial charge is 0.351 e. The number of hydrogen-bond donors (Lipinski definition) is 3. The molecule has 0 fully saturated rings. The summed E-state index contributed by atoms with van der Waals surface area (Å²) in [6, 6.07) is 6.97. The number of carbonyl (C=O) groups excluding carboxylic acids is 2. The summed E-state index contributed by atoms with van der Waals surface area (Å²) in [4.78, 5) is 23.4. The van der Waals surface area contributed by atoms with E-state index in [4.69, 9.17) is 5.73 Å². The van der Waals surface area contributed by atoms with Crippen LogP contribution in [-0.4, -0.2) is 17.9 Å². The number of rotatable bonds is 7. The number of anilines is 1. The van der Waals surface area contributed by atoms with Crippen molar-refractivity contribution in [1.82, 2.24) is 5.32 Å². The summed E-state index contributed by atoms with van der Waals surface area (Å²) in [5, 5.41) is 5.65. The monoisotopic (exact) mass is 291 g/mol. The highest BCUT2D eigenvalue weighted by Crippen LogP contribution is 2.12. The molecule has 5 heteroatoms. The summed E-state index contributed by atoms with van der Waals surface area (Å²) in [5.41, 5.74) is 7.41. The van der Waals surface area contributed by atoms with Crippen LogP contribution in [0, 0.1) is 5.92 Å². The second-order valence-electron chi connectivity index (χ2n) is 5.46. The lowest BCUT2D eigenvalue weighted by atomic mass is 10.1. The third-order valence-corrected chi connectivity index (χ3v) is 3.12. The topological polar surface area (TPSA) is 84.2 Å². The molecule has 0 aliphatic heterocycles. The molecule has 0 bridgehead atoms. The van der Waals surface area contributed by atoms with E-state index in [9.17, 15) is 9.59 Å². The standard InChI is InChI=1S/C16H25N3O2/c1-4-6-14(17)16(21)18-10-12-7-5-8-13(9-12)19-15(20)11(2)3/h5,7-9,11,14H,4,6,10,17H2,1-3H3,(H,18,21)(H,19,20)/t14-/m1/s1. The highest BCUT2D eigenvalue weighted by Gasteiger charge is 2.12. The van der Waals surface area contributed by atoms with Crippen LogP contribution in [0.3, 0.4) is 0 Å². The first-order valence-electron chi connectivity index (χ1n) is 7.37. The minimum atomic E-state index is -0.459. The Hall–Kier alpha value is -1.88. The summed E-state index contributed by atoms with van der Waals surface area (Å²) in [6.45, 7) is 6.08. The van der Waals surface area contributed by atoms with Gasteiger partial charge in [0, 0.05) is 18.2 Å². The van der Waals surface area contributed by atoms with Gasteiger partial charge < -0.3 is 16.4 Å². The van der Waals surface area contributed by atoms with Crippen LogP contribution in [0.15, 0.2) is 24.3 Å². The van der Waals surface area contributed by atoms with Crippen molar-refractivity contribution in [2.45, 2.75) is 46.2 Å². The Labute approximate surface area is 126 Å². The number of hydrogen-bond acceptors (Lipinski definition) is 3. The zero-order valence-electron chi connectivity index (χ0n) is 13.0. The predicted molar refractivity (Wildman–Crippen MR) is 84.6 cm³/mol. The summed E-state index contributed by atoms with van der Waals surface area (Å²) >= 11 is 0. The van der Waals surface area contributed by atoms with Gasteiger partial charge >= 0.3 is 0 Å². The Bertz CT molecular complexity index is 486. The van der Waals surface area contributed by atoms with Gasteiger partial charge in [0.15, 0.2) is 0 Å². The van der Waals surface area contributed by atoms with Crippen molar-refractivity contribution in [3.63, 3.8) is 0 Å². The Kier molecular flexibility index (Phi) is 6.88. The highest BCUT2D eigenvalue weighted by atomic mass is 16.2. The molecule has 0 radical (unpaired) electrons. The lowest BCUT2D eigenvalue weighted by molar-refractivity contribution is -0.122. The Morgan fingerprint density at radius 1 is 1.24 bits per heavy atom. The Morgan fingerprint density at radius 2 is 1.95 bits per heavy atom. The van der Waals surface area contributed by atoms with Gasteiger partial charge in [0.05, 0.1) is 6.04 Å². The third-order valence-electron chi connectivity index (χ3n) is 3.12. The zero-order chi connectivity index (χ0) is 15.8. The molecule has 4 N–H and O–H groups in total. The molecule has 21 heavy (non-hydrogen) atoms. The summed E-state index contributed by atoms with van der Waals surface area (Å²) in [7, 11) is 0. The van der Waals surface area contributed by atoms with E-state index >= 15 is 0 Å². The molecule has 0 aromatic heterocycles. The molecule has 1 aromatic rings. The average Bonchev–Trinajstić information content (AvgIpc) is 2.45. The maximum atomic E-state index is 11.8. The van der Waals surface area contributed by atoms with Crippen LogP contribution in [0.5, 0.6) is 0 Å². The second kappa shape index (κ2) is 8.42. The van der Waals surface area contributed by atoms with Gasteiger partial charge in [-0.3, -0.25) is 9.59 Å². The molecule has 116 valence electrons. The van der Waals surface area contributed by atoms with Crippen molar-refractivity contribution < 1.29 is 9.59 Å². The van der Waals surface area contributed by atoms with Gasteiger partial charge in [-0.1, -0.05) is 39.3 Å². The summed E-state index contributed by atoms with van der Waals surface area (Å²) < 4.78 is 0. The van der Waals surface area contributed by atoms with Gasteiger partial charge in [0.25, 0.3) is 0 Å². The molecule has 1 atom stereocenters. The van der Waals surface area contributed by atoms with Gasteiger partial charge in [0.2, 0.25) is 11.8 Å². The van der Waals surface area contributed by atoms with Gasteiger partial charge in [-0.2, -0.15) is 0 Å². The highest BCUT2D eigenvalue weighted by molar-refractivity contribution is 5.92. The van der Waals surface area contributed by atoms with Crippen molar-refractivity contribution in [3.05, 3.63) is 29.8 Å². The van der Waals surface area contributed by atoms with Crippen LogP contribution < -0.4 is 16.4 Å².